The summed E-state index contributed by atoms with van der Waals surface area (Å²) in [4.78, 5) is 38.8. The summed E-state index contributed by atoms with van der Waals surface area (Å²) in [5.74, 6) is 0.661. The molecule has 224 valence electrons. The van der Waals surface area contributed by atoms with E-state index in [2.05, 4.69) is 34.2 Å². The van der Waals surface area contributed by atoms with Crippen LogP contribution in [0.25, 0.3) is 11.0 Å². The summed E-state index contributed by atoms with van der Waals surface area (Å²) >= 11 is 6.24. The van der Waals surface area contributed by atoms with Crippen LogP contribution in [0.2, 0.25) is 5.02 Å². The van der Waals surface area contributed by atoms with Crippen molar-refractivity contribution < 1.29 is 9.59 Å². The number of fused-ring (bicyclic) bond motifs is 3. The van der Waals surface area contributed by atoms with Gasteiger partial charge in [0.2, 0.25) is 11.8 Å². The maximum Gasteiger partial charge on any atom is 0.247 e. The molecule has 0 spiro atoms. The maximum atomic E-state index is 14.0. The van der Waals surface area contributed by atoms with Gasteiger partial charge in [-0.1, -0.05) is 60.1 Å². The molecule has 3 aromatic carbocycles. The van der Waals surface area contributed by atoms with Crippen molar-refractivity contribution in [2.75, 3.05) is 44.2 Å². The van der Waals surface area contributed by atoms with Crippen LogP contribution in [0.3, 0.4) is 0 Å². The van der Waals surface area contributed by atoms with Crippen molar-refractivity contribution in [3.05, 3.63) is 94.8 Å². The van der Waals surface area contributed by atoms with Crippen LogP contribution in [0.5, 0.6) is 0 Å². The normalized spacial score (nSPS) is 19.1. The highest BCUT2D eigenvalue weighted by Gasteiger charge is 2.40. The van der Waals surface area contributed by atoms with Gasteiger partial charge in [0.05, 0.1) is 23.5 Å². The fourth-order valence-electron chi connectivity index (χ4n) is 6.40. The van der Waals surface area contributed by atoms with E-state index in [1.54, 1.807) is 0 Å². The number of aromatic nitrogens is 2. The second-order valence-electron chi connectivity index (χ2n) is 11.6. The van der Waals surface area contributed by atoms with Gasteiger partial charge in [0.1, 0.15) is 11.9 Å². The Kier molecular flexibility index (Phi) is 8.68. The fraction of sp³-hybridized carbons (Fsp3) is 0.382. The molecule has 0 radical (unpaired) electrons. The molecule has 1 aromatic heterocycles. The summed E-state index contributed by atoms with van der Waals surface area (Å²) in [6.45, 7) is 9.98. The molecule has 4 aromatic rings. The highest BCUT2D eigenvalue weighted by atomic mass is 35.5. The van der Waals surface area contributed by atoms with Gasteiger partial charge in [0, 0.05) is 50.0 Å². The lowest BCUT2D eigenvalue weighted by Crippen LogP contribution is -2.47. The van der Waals surface area contributed by atoms with Gasteiger partial charge in [-0.2, -0.15) is 0 Å². The van der Waals surface area contributed by atoms with Gasteiger partial charge in [-0.3, -0.25) is 14.5 Å². The number of anilines is 1. The number of carbonyl (C=O) groups excluding carboxylic acids is 2. The number of rotatable bonds is 9. The molecule has 3 heterocycles. The van der Waals surface area contributed by atoms with Gasteiger partial charge in [0.15, 0.2) is 0 Å². The zero-order chi connectivity index (χ0) is 29.9. The number of para-hydroxylation sites is 2. The number of hydrogen-bond donors (Lipinski definition) is 1. The van der Waals surface area contributed by atoms with Crippen molar-refractivity contribution in [3.8, 4) is 0 Å². The molecule has 6 rings (SSSR count). The molecule has 9 heteroatoms. The summed E-state index contributed by atoms with van der Waals surface area (Å²) < 4.78 is 1.99. The number of nitrogens with one attached hydrogen (secondary N) is 1. The Bertz CT molecular complexity index is 1600. The van der Waals surface area contributed by atoms with Crippen LogP contribution in [0.4, 0.5) is 5.69 Å². The molecule has 2 atom stereocenters. The number of halogens is 1. The Morgan fingerprint density at radius 1 is 1.00 bits per heavy atom. The Balaban J connectivity index is 1.06. The summed E-state index contributed by atoms with van der Waals surface area (Å²) in [6.07, 6.45) is 0.943. The van der Waals surface area contributed by atoms with E-state index in [4.69, 9.17) is 16.6 Å². The van der Waals surface area contributed by atoms with Crippen molar-refractivity contribution in [2.45, 2.75) is 45.3 Å². The number of benzene rings is 3. The molecule has 0 bridgehead atoms. The number of piperazine rings is 1. The van der Waals surface area contributed by atoms with E-state index in [0.717, 1.165) is 66.6 Å². The number of aryl methyl sites for hydroxylation is 1. The van der Waals surface area contributed by atoms with Crippen molar-refractivity contribution in [2.24, 2.45) is 0 Å². The first-order valence-corrected chi connectivity index (χ1v) is 15.6. The van der Waals surface area contributed by atoms with Crippen molar-refractivity contribution in [1.29, 1.82) is 0 Å². The molecule has 2 aliphatic rings. The van der Waals surface area contributed by atoms with Gasteiger partial charge in [-0.15, -0.1) is 0 Å². The molecule has 2 amide bonds. The van der Waals surface area contributed by atoms with Gasteiger partial charge in [-0.25, -0.2) is 4.98 Å². The quantitative estimate of drug-likeness (QED) is 0.263. The van der Waals surface area contributed by atoms with Crippen molar-refractivity contribution in [1.82, 2.24) is 24.7 Å². The first kappa shape index (κ1) is 29.2. The highest BCUT2D eigenvalue weighted by Crippen LogP contribution is 2.37. The molecular weight excluding hydrogens is 560 g/mol. The van der Waals surface area contributed by atoms with Crippen LogP contribution in [-0.4, -0.2) is 70.4 Å². The van der Waals surface area contributed by atoms with Crippen LogP contribution in [-0.2, 0) is 16.1 Å². The van der Waals surface area contributed by atoms with E-state index in [-0.39, 0.29) is 24.3 Å². The summed E-state index contributed by atoms with van der Waals surface area (Å²) in [7, 11) is 0. The number of nitrogens with zero attached hydrogens (tertiary/aromatic N) is 5. The largest absolute Gasteiger partial charge is 0.369 e. The molecule has 8 nitrogen and oxygen atoms in total. The van der Waals surface area contributed by atoms with Crippen LogP contribution in [0.15, 0.2) is 72.8 Å². The summed E-state index contributed by atoms with van der Waals surface area (Å²) in [5.41, 5.74) is 5.24. The first-order chi connectivity index (χ1) is 20.9. The van der Waals surface area contributed by atoms with Crippen molar-refractivity contribution >= 4 is 40.1 Å². The SMILES string of the molecule is Cc1ccc(Cl)cc1N1CCN(CCCNC(=O)C[C@@H]2C(=O)N(Cc3ccccc3)[C@@H](C)c3nc4ccccc4n32)CC1. The average molecular weight is 599 g/mol. The highest BCUT2D eigenvalue weighted by molar-refractivity contribution is 6.30. The Morgan fingerprint density at radius 2 is 1.74 bits per heavy atom. The fourth-order valence-corrected chi connectivity index (χ4v) is 6.57. The van der Waals surface area contributed by atoms with Gasteiger partial charge < -0.3 is 19.7 Å². The minimum absolute atomic E-state index is 0.0463. The predicted molar refractivity (Wildman–Crippen MR) is 171 cm³/mol. The van der Waals surface area contributed by atoms with E-state index in [1.807, 2.05) is 77.1 Å². The summed E-state index contributed by atoms with van der Waals surface area (Å²) in [6, 6.07) is 23.1. The lowest BCUT2D eigenvalue weighted by molar-refractivity contribution is -0.142. The number of hydrogen-bond acceptors (Lipinski definition) is 5. The lowest BCUT2D eigenvalue weighted by atomic mass is 10.0. The Hall–Kier alpha value is -3.88. The van der Waals surface area contributed by atoms with Crippen molar-refractivity contribution in [3.63, 3.8) is 0 Å². The van der Waals surface area contributed by atoms with Gasteiger partial charge >= 0.3 is 0 Å². The van der Waals surface area contributed by atoms with E-state index in [0.29, 0.717) is 13.1 Å². The van der Waals surface area contributed by atoms with Gasteiger partial charge in [0.25, 0.3) is 0 Å². The van der Waals surface area contributed by atoms with E-state index in [1.165, 1.54) is 11.3 Å². The zero-order valence-corrected chi connectivity index (χ0v) is 25.6. The topological polar surface area (TPSA) is 73.7 Å². The number of amides is 2. The predicted octanol–water partition coefficient (Wildman–Crippen LogP) is 5.36. The van der Waals surface area contributed by atoms with Crippen LogP contribution < -0.4 is 10.2 Å². The molecule has 2 aliphatic heterocycles. The van der Waals surface area contributed by atoms with Gasteiger partial charge in [-0.05, 0) is 62.2 Å². The van der Waals surface area contributed by atoms with E-state index >= 15 is 0 Å². The summed E-state index contributed by atoms with van der Waals surface area (Å²) in [5, 5.41) is 3.86. The van der Waals surface area contributed by atoms with E-state index in [9.17, 15) is 9.59 Å². The van der Waals surface area contributed by atoms with Crippen LogP contribution >= 0.6 is 11.6 Å². The molecule has 43 heavy (non-hydrogen) atoms. The lowest BCUT2D eigenvalue weighted by Gasteiger charge is -2.38. The minimum Gasteiger partial charge on any atom is -0.369 e. The minimum atomic E-state index is -0.634. The Morgan fingerprint density at radius 3 is 2.53 bits per heavy atom. The standard InChI is InChI=1S/C34H39ClN6O2/c1-24-13-14-27(35)21-30(24)39-19-17-38(18-20-39)16-8-15-36-32(42)22-31-34(43)40(23-26-9-4-3-5-10-26)25(2)33-37-28-11-6-7-12-29(28)41(31)33/h3-7,9-14,21,25,31H,8,15-20,22-23H2,1-2H3,(H,36,42)/t25-,31+/m0/s1. The molecule has 0 saturated carbocycles. The third kappa shape index (κ3) is 6.26. The first-order valence-electron chi connectivity index (χ1n) is 15.2. The zero-order valence-electron chi connectivity index (χ0n) is 24.9. The van der Waals surface area contributed by atoms with E-state index < -0.39 is 6.04 Å². The molecule has 1 N–H and O–H groups in total. The third-order valence-corrected chi connectivity index (χ3v) is 9.01. The molecule has 1 fully saturated rings. The molecule has 0 aliphatic carbocycles. The number of carbonyl (C=O) groups is 2. The second kappa shape index (κ2) is 12.8. The molecular formula is C34H39ClN6O2. The number of imidazole rings is 1. The van der Waals surface area contributed by atoms with Crippen LogP contribution in [0, 0.1) is 6.92 Å². The molecule has 1 saturated heterocycles. The average Bonchev–Trinajstić information content (AvgIpc) is 3.41. The maximum absolute atomic E-state index is 14.0. The smallest absolute Gasteiger partial charge is 0.247 e. The Labute approximate surface area is 258 Å². The second-order valence-corrected chi connectivity index (χ2v) is 12.1. The third-order valence-electron chi connectivity index (χ3n) is 8.78. The van der Waals surface area contributed by atoms with Crippen LogP contribution in [0.1, 0.15) is 48.8 Å². The monoisotopic (exact) mass is 598 g/mol. The molecule has 0 unspecified atom stereocenters.